The first-order valence-electron chi connectivity index (χ1n) is 11.7. The van der Waals surface area contributed by atoms with Crippen LogP contribution in [0.3, 0.4) is 0 Å². The second-order valence-corrected chi connectivity index (χ2v) is 8.76. The van der Waals surface area contributed by atoms with Crippen LogP contribution in [-0.4, -0.2) is 52.8 Å². The molecule has 0 N–H and O–H groups in total. The van der Waals surface area contributed by atoms with Gasteiger partial charge in [-0.25, -0.2) is 4.90 Å². The SMILES string of the molecule is CCOc1ccc(-c2noc(CN3N=N[C@@H]4C(=O)N(c5ccc(C(C)C)cc5)C(=O)[C@@H]43)n2)cc1OC. The quantitative estimate of drug-likeness (QED) is 0.438. The van der Waals surface area contributed by atoms with Crippen molar-refractivity contribution in [1.29, 1.82) is 0 Å². The third-order valence-electron chi connectivity index (χ3n) is 6.16. The van der Waals surface area contributed by atoms with E-state index in [9.17, 15) is 9.59 Å². The van der Waals surface area contributed by atoms with E-state index < -0.39 is 18.0 Å². The fourth-order valence-corrected chi connectivity index (χ4v) is 4.27. The molecule has 0 bridgehead atoms. The number of ether oxygens (including phenoxy) is 2. The van der Waals surface area contributed by atoms with Crippen molar-refractivity contribution in [3.63, 3.8) is 0 Å². The van der Waals surface area contributed by atoms with Gasteiger partial charge in [-0.1, -0.05) is 36.4 Å². The summed E-state index contributed by atoms with van der Waals surface area (Å²) in [5, 5.41) is 13.6. The Morgan fingerprint density at radius 1 is 1.06 bits per heavy atom. The molecule has 11 heteroatoms. The zero-order valence-corrected chi connectivity index (χ0v) is 20.4. The predicted molar refractivity (Wildman–Crippen MR) is 128 cm³/mol. The van der Waals surface area contributed by atoms with Crippen molar-refractivity contribution in [2.75, 3.05) is 18.6 Å². The summed E-state index contributed by atoms with van der Waals surface area (Å²) in [5.41, 5.74) is 2.31. The highest BCUT2D eigenvalue weighted by atomic mass is 16.5. The Morgan fingerprint density at radius 2 is 1.83 bits per heavy atom. The first-order valence-corrected chi connectivity index (χ1v) is 11.7. The molecule has 3 heterocycles. The number of fused-ring (bicyclic) bond motifs is 1. The predicted octanol–water partition coefficient (Wildman–Crippen LogP) is 3.76. The van der Waals surface area contributed by atoms with E-state index in [0.29, 0.717) is 41.1 Å². The maximum Gasteiger partial charge on any atom is 0.263 e. The summed E-state index contributed by atoms with van der Waals surface area (Å²) in [6.07, 6.45) is 0. The minimum Gasteiger partial charge on any atom is -0.493 e. The number of nitrogens with zero attached hydrogens (tertiary/aromatic N) is 6. The van der Waals surface area contributed by atoms with Gasteiger partial charge in [0.05, 0.1) is 19.4 Å². The molecule has 186 valence electrons. The first-order chi connectivity index (χ1) is 17.4. The van der Waals surface area contributed by atoms with Gasteiger partial charge in [-0.2, -0.15) is 10.1 Å². The molecule has 0 saturated carbocycles. The zero-order chi connectivity index (χ0) is 25.4. The second-order valence-electron chi connectivity index (χ2n) is 8.76. The van der Waals surface area contributed by atoms with Crippen molar-refractivity contribution >= 4 is 17.5 Å². The van der Waals surface area contributed by atoms with Crippen LogP contribution < -0.4 is 14.4 Å². The van der Waals surface area contributed by atoms with Crippen molar-refractivity contribution in [3.8, 4) is 22.9 Å². The van der Waals surface area contributed by atoms with E-state index in [1.54, 1.807) is 37.4 Å². The molecule has 2 aliphatic rings. The maximum absolute atomic E-state index is 13.3. The molecular weight excluding hydrogens is 464 g/mol. The molecule has 2 amide bonds. The molecule has 36 heavy (non-hydrogen) atoms. The van der Waals surface area contributed by atoms with Crippen molar-refractivity contribution in [2.24, 2.45) is 10.3 Å². The Morgan fingerprint density at radius 3 is 2.53 bits per heavy atom. The van der Waals surface area contributed by atoms with E-state index in [0.717, 1.165) is 5.56 Å². The maximum atomic E-state index is 13.3. The average molecular weight is 491 g/mol. The molecule has 1 aromatic heterocycles. The van der Waals surface area contributed by atoms with E-state index in [1.165, 1.54) is 9.91 Å². The topological polar surface area (TPSA) is 123 Å². The Balaban J connectivity index is 1.32. The number of hydrogen-bond acceptors (Lipinski definition) is 10. The standard InChI is InChI=1S/C25H26N6O5/c1-5-35-18-11-8-16(12-19(18)34-4)23-26-20(36-28-23)13-30-22-21(27-29-30)24(32)31(25(22)33)17-9-6-15(7-10-17)14(2)3/h6-12,14,21-22H,5,13H2,1-4H3/t21-,22+/m0/s1. The van der Waals surface area contributed by atoms with E-state index in [2.05, 4.69) is 34.3 Å². The molecule has 2 aliphatic heterocycles. The number of carbonyl (C=O) groups is 2. The number of rotatable bonds is 8. The van der Waals surface area contributed by atoms with E-state index in [1.807, 2.05) is 19.1 Å². The molecule has 1 fully saturated rings. The molecule has 11 nitrogen and oxygen atoms in total. The molecule has 0 aliphatic carbocycles. The summed E-state index contributed by atoms with van der Waals surface area (Å²) in [6, 6.07) is 11.0. The highest BCUT2D eigenvalue weighted by Gasteiger charge is 2.55. The third kappa shape index (κ3) is 4.06. The van der Waals surface area contributed by atoms with Crippen LogP contribution in [0.2, 0.25) is 0 Å². The van der Waals surface area contributed by atoms with Gasteiger partial charge in [0, 0.05) is 5.56 Å². The van der Waals surface area contributed by atoms with Crippen molar-refractivity contribution in [1.82, 2.24) is 15.1 Å². The molecule has 0 radical (unpaired) electrons. The number of imide groups is 1. The largest absolute Gasteiger partial charge is 0.493 e. The van der Waals surface area contributed by atoms with Crippen LogP contribution >= 0.6 is 0 Å². The molecule has 2 atom stereocenters. The Kier molecular flexibility index (Phi) is 6.13. The minimum atomic E-state index is -0.903. The average Bonchev–Trinajstić information content (AvgIpc) is 3.57. The van der Waals surface area contributed by atoms with Crippen molar-refractivity contribution in [3.05, 3.63) is 53.9 Å². The van der Waals surface area contributed by atoms with E-state index >= 15 is 0 Å². The summed E-state index contributed by atoms with van der Waals surface area (Å²) in [7, 11) is 1.56. The van der Waals surface area contributed by atoms with Crippen LogP contribution in [0, 0.1) is 0 Å². The molecule has 0 unspecified atom stereocenters. The number of benzene rings is 2. The molecule has 5 rings (SSSR count). The summed E-state index contributed by atoms with van der Waals surface area (Å²) < 4.78 is 16.3. The monoisotopic (exact) mass is 490 g/mol. The van der Waals surface area contributed by atoms with Crippen LogP contribution in [-0.2, 0) is 16.1 Å². The molecule has 3 aromatic rings. The van der Waals surface area contributed by atoms with Gasteiger partial charge in [0.15, 0.2) is 23.6 Å². The van der Waals surface area contributed by atoms with Gasteiger partial charge in [0.25, 0.3) is 11.8 Å². The normalized spacial score (nSPS) is 18.9. The van der Waals surface area contributed by atoms with E-state index in [4.69, 9.17) is 14.0 Å². The summed E-state index contributed by atoms with van der Waals surface area (Å²) >= 11 is 0. The Hall–Kier alpha value is -4.28. The third-order valence-corrected chi connectivity index (χ3v) is 6.16. The fourth-order valence-electron chi connectivity index (χ4n) is 4.27. The summed E-state index contributed by atoms with van der Waals surface area (Å²) in [4.78, 5) is 31.8. The van der Waals surface area contributed by atoms with Gasteiger partial charge in [-0.15, -0.1) is 0 Å². The lowest BCUT2D eigenvalue weighted by atomic mass is 10.0. The van der Waals surface area contributed by atoms with Gasteiger partial charge in [-0.3, -0.25) is 14.6 Å². The number of aromatic nitrogens is 2. The molecule has 1 saturated heterocycles. The highest BCUT2D eigenvalue weighted by molar-refractivity contribution is 6.25. The molecule has 0 spiro atoms. The lowest BCUT2D eigenvalue weighted by Crippen LogP contribution is -2.39. The van der Waals surface area contributed by atoms with Crippen LogP contribution in [0.25, 0.3) is 11.4 Å². The van der Waals surface area contributed by atoms with Gasteiger partial charge >= 0.3 is 0 Å². The number of methoxy groups -OCH3 is 1. The summed E-state index contributed by atoms with van der Waals surface area (Å²) in [6.45, 7) is 6.60. The van der Waals surface area contributed by atoms with Crippen molar-refractivity contribution in [2.45, 2.75) is 45.3 Å². The number of anilines is 1. The Bertz CT molecular complexity index is 1320. The molecule has 2 aromatic carbocycles. The highest BCUT2D eigenvalue weighted by Crippen LogP contribution is 2.34. The lowest BCUT2D eigenvalue weighted by molar-refractivity contribution is -0.123. The van der Waals surface area contributed by atoms with Gasteiger partial charge in [0.2, 0.25) is 11.7 Å². The van der Waals surface area contributed by atoms with Crippen LogP contribution in [0.15, 0.2) is 57.3 Å². The van der Waals surface area contributed by atoms with Gasteiger partial charge < -0.3 is 14.0 Å². The minimum absolute atomic E-state index is 0.0327. The van der Waals surface area contributed by atoms with Gasteiger partial charge in [-0.05, 0) is 48.7 Å². The Labute approximate surface area is 207 Å². The lowest BCUT2D eigenvalue weighted by Gasteiger charge is -2.19. The van der Waals surface area contributed by atoms with Crippen LogP contribution in [0.5, 0.6) is 11.5 Å². The van der Waals surface area contributed by atoms with E-state index in [-0.39, 0.29) is 18.3 Å². The number of amides is 2. The smallest absolute Gasteiger partial charge is 0.263 e. The zero-order valence-electron chi connectivity index (χ0n) is 20.4. The number of carbonyl (C=O) groups excluding carboxylic acids is 2. The summed E-state index contributed by atoms with van der Waals surface area (Å²) in [5.74, 6) is 1.30. The molecular formula is C25H26N6O5. The van der Waals surface area contributed by atoms with Gasteiger partial charge in [0.1, 0.15) is 6.54 Å². The van der Waals surface area contributed by atoms with Crippen molar-refractivity contribution < 1.29 is 23.6 Å². The number of hydrogen-bond donors (Lipinski definition) is 0. The van der Waals surface area contributed by atoms with Crippen LogP contribution in [0.1, 0.15) is 38.1 Å². The van der Waals surface area contributed by atoms with Crippen LogP contribution in [0.4, 0.5) is 5.69 Å². The first kappa shape index (κ1) is 23.5. The fraction of sp³-hybridized carbons (Fsp3) is 0.360. The second kappa shape index (κ2) is 9.40.